The van der Waals surface area contributed by atoms with Crippen LogP contribution in [0.1, 0.15) is 19.3 Å². The first kappa shape index (κ1) is 24.5. The number of nitrogens with zero attached hydrogens (tertiary/aromatic N) is 6. The highest BCUT2D eigenvalue weighted by molar-refractivity contribution is 7.89. The summed E-state index contributed by atoms with van der Waals surface area (Å²) in [5, 5.41) is 10.3. The average Bonchev–Trinajstić information content (AvgIpc) is 3.43. The molecule has 2 aromatic carbocycles. The second-order valence-corrected chi connectivity index (χ2v) is 11.4. The van der Waals surface area contributed by atoms with Crippen LogP contribution in [-0.4, -0.2) is 50.4 Å². The Kier molecular flexibility index (Phi) is 6.30. The maximum atomic E-state index is 13.2. The van der Waals surface area contributed by atoms with Crippen molar-refractivity contribution in [3.05, 3.63) is 94.5 Å². The number of aromatic nitrogens is 5. The van der Waals surface area contributed by atoms with Crippen LogP contribution in [0.3, 0.4) is 0 Å². The molecule has 192 valence electrons. The van der Waals surface area contributed by atoms with Crippen molar-refractivity contribution in [2.75, 3.05) is 13.1 Å². The summed E-state index contributed by atoms with van der Waals surface area (Å²) in [4.78, 5) is 17.6. The van der Waals surface area contributed by atoms with E-state index in [1.54, 1.807) is 59.5 Å². The van der Waals surface area contributed by atoms with E-state index in [-0.39, 0.29) is 16.0 Å². The van der Waals surface area contributed by atoms with E-state index >= 15 is 0 Å². The van der Waals surface area contributed by atoms with Gasteiger partial charge in [0.2, 0.25) is 15.5 Å². The fourth-order valence-electron chi connectivity index (χ4n) is 4.75. The third-order valence-electron chi connectivity index (χ3n) is 6.66. The molecule has 5 aromatic rings. The molecule has 38 heavy (non-hydrogen) atoms. The zero-order valence-electron chi connectivity index (χ0n) is 20.2. The number of halogens is 1. The Hall–Kier alpha value is -3.86. The molecule has 0 atom stereocenters. The molecule has 0 spiro atoms. The molecule has 0 bridgehead atoms. The number of rotatable bonds is 5. The minimum absolute atomic E-state index is 0.168. The molecular weight excluding hydrogens is 524 g/mol. The highest BCUT2D eigenvalue weighted by Crippen LogP contribution is 2.28. The fourth-order valence-corrected chi connectivity index (χ4v) is 6.53. The van der Waals surface area contributed by atoms with Gasteiger partial charge in [-0.2, -0.15) is 14.5 Å². The molecule has 0 saturated carbocycles. The third-order valence-corrected chi connectivity index (χ3v) is 8.86. The van der Waals surface area contributed by atoms with Crippen LogP contribution in [0.5, 0.6) is 0 Å². The lowest BCUT2D eigenvalue weighted by Gasteiger charge is -2.26. The van der Waals surface area contributed by atoms with E-state index in [1.807, 2.05) is 12.1 Å². The number of sulfonamides is 1. The summed E-state index contributed by atoms with van der Waals surface area (Å²) in [7, 11) is -3.62. The topological polar surface area (TPSA) is 103 Å². The highest BCUT2D eigenvalue weighted by Gasteiger charge is 2.26. The minimum Gasteiger partial charge on any atom is -0.287 e. The molecule has 3 aromatic heterocycles. The van der Waals surface area contributed by atoms with Crippen molar-refractivity contribution in [2.24, 2.45) is 0 Å². The highest BCUT2D eigenvalue weighted by atomic mass is 35.5. The number of pyridine rings is 1. The number of fused-ring (bicyclic) bond motifs is 1. The van der Waals surface area contributed by atoms with Gasteiger partial charge in [-0.05, 0) is 49.2 Å². The molecule has 1 fully saturated rings. The normalized spacial score (nSPS) is 14.7. The van der Waals surface area contributed by atoms with E-state index in [1.165, 1.54) is 21.3 Å². The van der Waals surface area contributed by atoms with Crippen LogP contribution in [0.15, 0.2) is 88.9 Å². The van der Waals surface area contributed by atoms with Gasteiger partial charge in [0.05, 0.1) is 38.7 Å². The Morgan fingerprint density at radius 2 is 1.71 bits per heavy atom. The van der Waals surface area contributed by atoms with E-state index < -0.39 is 10.0 Å². The number of piperidine rings is 1. The van der Waals surface area contributed by atoms with Gasteiger partial charge in [-0.25, -0.2) is 17.8 Å². The predicted octanol–water partition coefficient (Wildman–Crippen LogP) is 4.46. The summed E-state index contributed by atoms with van der Waals surface area (Å²) in [6.07, 6.45) is 7.51. The molecule has 0 aliphatic carbocycles. The summed E-state index contributed by atoms with van der Waals surface area (Å²) in [6, 6.07) is 17.0. The fraction of sp³-hybridized carbons (Fsp3) is 0.185. The van der Waals surface area contributed by atoms with Crippen LogP contribution in [-0.2, 0) is 10.0 Å². The van der Waals surface area contributed by atoms with Gasteiger partial charge in [0.15, 0.2) is 5.69 Å². The number of hydrogen-bond donors (Lipinski definition) is 0. The van der Waals surface area contributed by atoms with E-state index in [2.05, 4.69) is 15.2 Å². The van der Waals surface area contributed by atoms with Gasteiger partial charge >= 0.3 is 0 Å². The molecular formula is C27H23ClN6O3S. The lowest BCUT2D eigenvalue weighted by atomic mass is 10.2. The summed E-state index contributed by atoms with van der Waals surface area (Å²) in [5.74, 6) is 0. The standard InChI is InChI=1S/C27H23ClN6O3S/c28-22-9-5-8-21-23(10-13-29-26(21)22)34-24(11-14-30-34)27-25(35)12-17-33(31-27)19-6-4-7-20(18-19)38(36,37)32-15-2-1-3-16-32/h4-14,17-18H,1-3,15-16H2. The van der Waals surface area contributed by atoms with Crippen LogP contribution in [0, 0.1) is 0 Å². The van der Waals surface area contributed by atoms with Gasteiger partial charge in [-0.3, -0.25) is 9.78 Å². The van der Waals surface area contributed by atoms with E-state index in [0.717, 1.165) is 24.6 Å². The molecule has 6 rings (SSSR count). The van der Waals surface area contributed by atoms with Gasteiger partial charge < -0.3 is 0 Å². The van der Waals surface area contributed by atoms with Crippen LogP contribution in [0.2, 0.25) is 5.02 Å². The third kappa shape index (κ3) is 4.30. The Morgan fingerprint density at radius 1 is 0.895 bits per heavy atom. The monoisotopic (exact) mass is 546 g/mol. The summed E-state index contributed by atoms with van der Waals surface area (Å²) in [5.41, 5.74) is 2.20. The molecule has 0 radical (unpaired) electrons. The first-order valence-corrected chi connectivity index (χ1v) is 14.0. The molecule has 0 unspecified atom stereocenters. The van der Waals surface area contributed by atoms with Gasteiger partial charge in [0.25, 0.3) is 0 Å². The van der Waals surface area contributed by atoms with Crippen LogP contribution >= 0.6 is 11.6 Å². The Morgan fingerprint density at radius 3 is 2.55 bits per heavy atom. The molecule has 9 nitrogen and oxygen atoms in total. The van der Waals surface area contributed by atoms with E-state index in [9.17, 15) is 13.2 Å². The minimum atomic E-state index is -3.62. The van der Waals surface area contributed by atoms with Gasteiger partial charge in [0.1, 0.15) is 0 Å². The van der Waals surface area contributed by atoms with Gasteiger partial charge in [-0.15, -0.1) is 0 Å². The lowest BCUT2D eigenvalue weighted by molar-refractivity contribution is 0.346. The van der Waals surface area contributed by atoms with Crippen LogP contribution in [0.4, 0.5) is 0 Å². The zero-order valence-corrected chi connectivity index (χ0v) is 21.8. The lowest BCUT2D eigenvalue weighted by Crippen LogP contribution is -2.35. The van der Waals surface area contributed by atoms with E-state index in [0.29, 0.717) is 40.7 Å². The van der Waals surface area contributed by atoms with Crippen molar-refractivity contribution in [3.8, 4) is 22.8 Å². The van der Waals surface area contributed by atoms with Crippen molar-refractivity contribution in [1.82, 2.24) is 28.9 Å². The van der Waals surface area contributed by atoms with Crippen molar-refractivity contribution in [1.29, 1.82) is 0 Å². The zero-order chi connectivity index (χ0) is 26.3. The maximum Gasteiger partial charge on any atom is 0.243 e. The summed E-state index contributed by atoms with van der Waals surface area (Å²) in [6.45, 7) is 1.04. The quantitative estimate of drug-likeness (QED) is 0.322. The second-order valence-electron chi connectivity index (χ2n) is 9.03. The Balaban J connectivity index is 1.43. The number of para-hydroxylation sites is 1. The first-order chi connectivity index (χ1) is 18.4. The van der Waals surface area contributed by atoms with Crippen molar-refractivity contribution >= 4 is 32.5 Å². The van der Waals surface area contributed by atoms with E-state index in [4.69, 9.17) is 11.6 Å². The number of hydrogen-bond acceptors (Lipinski definition) is 6. The first-order valence-electron chi connectivity index (χ1n) is 12.2. The van der Waals surface area contributed by atoms with Gasteiger partial charge in [-0.1, -0.05) is 36.2 Å². The molecule has 0 amide bonds. The second kappa shape index (κ2) is 9.79. The average molecular weight is 547 g/mol. The molecule has 11 heteroatoms. The molecule has 1 aliphatic heterocycles. The number of benzene rings is 2. The largest absolute Gasteiger partial charge is 0.287 e. The summed E-state index contributed by atoms with van der Waals surface area (Å²) < 4.78 is 31.1. The summed E-state index contributed by atoms with van der Waals surface area (Å²) >= 11 is 6.35. The van der Waals surface area contributed by atoms with Crippen molar-refractivity contribution in [2.45, 2.75) is 24.2 Å². The maximum absolute atomic E-state index is 13.2. The smallest absolute Gasteiger partial charge is 0.243 e. The van der Waals surface area contributed by atoms with Crippen LogP contribution < -0.4 is 5.43 Å². The molecule has 1 aliphatic rings. The van der Waals surface area contributed by atoms with Crippen molar-refractivity contribution < 1.29 is 8.42 Å². The Bertz CT molecular complexity index is 1830. The molecule has 1 saturated heterocycles. The molecule has 0 N–H and O–H groups in total. The van der Waals surface area contributed by atoms with Crippen LogP contribution in [0.25, 0.3) is 33.7 Å². The molecule has 4 heterocycles. The Labute approximate surface area is 224 Å². The SMILES string of the molecule is O=c1ccn(-c2cccc(S(=O)(=O)N3CCCCC3)c2)nc1-c1ccnn1-c1ccnc2c(Cl)cccc12. The van der Waals surface area contributed by atoms with Crippen molar-refractivity contribution in [3.63, 3.8) is 0 Å². The van der Waals surface area contributed by atoms with Gasteiger partial charge in [0, 0.05) is 36.9 Å². The predicted molar refractivity (Wildman–Crippen MR) is 145 cm³/mol.